The summed E-state index contributed by atoms with van der Waals surface area (Å²) in [6.07, 6.45) is 4.05. The standard InChI is InChI=1S/C17H13F2N5O2/c18-11-3-1-2-10(16(11)19)9-22-14(13-5-7-26-24-13)8-12(20)17-21-6-4-15(25)23-17/h1-8H,9,20H2,(H,21,23,25)/b12-8-,22-14?. The summed E-state index contributed by atoms with van der Waals surface area (Å²) in [4.78, 5) is 22.1. The molecular formula is C17H13F2N5O2. The van der Waals surface area contributed by atoms with E-state index in [0.717, 1.165) is 6.07 Å². The molecule has 0 amide bonds. The molecule has 0 aliphatic heterocycles. The van der Waals surface area contributed by atoms with Crippen LogP contribution in [-0.2, 0) is 6.54 Å². The summed E-state index contributed by atoms with van der Waals surface area (Å²) in [5.74, 6) is -1.78. The summed E-state index contributed by atoms with van der Waals surface area (Å²) in [5, 5.41) is 3.77. The summed E-state index contributed by atoms with van der Waals surface area (Å²) in [6.45, 7) is -0.145. The van der Waals surface area contributed by atoms with Crippen LogP contribution in [0.25, 0.3) is 5.70 Å². The lowest BCUT2D eigenvalue weighted by atomic mass is 10.2. The SMILES string of the molecule is N/C(=C\C(=NCc1cccc(F)c1F)c1ccon1)c1nccc(=O)[nH]1. The summed E-state index contributed by atoms with van der Waals surface area (Å²) >= 11 is 0. The van der Waals surface area contributed by atoms with Crippen LogP contribution in [0.2, 0.25) is 0 Å². The second-order valence-electron chi connectivity index (χ2n) is 5.18. The van der Waals surface area contributed by atoms with E-state index in [2.05, 4.69) is 20.1 Å². The van der Waals surface area contributed by atoms with Crippen LogP contribution >= 0.6 is 0 Å². The van der Waals surface area contributed by atoms with Crippen molar-refractivity contribution in [3.8, 4) is 0 Å². The van der Waals surface area contributed by atoms with E-state index in [0.29, 0.717) is 5.69 Å². The molecule has 0 aliphatic rings. The second-order valence-corrected chi connectivity index (χ2v) is 5.18. The van der Waals surface area contributed by atoms with E-state index >= 15 is 0 Å². The van der Waals surface area contributed by atoms with Crippen LogP contribution in [0.5, 0.6) is 0 Å². The molecule has 0 saturated carbocycles. The Balaban J connectivity index is 1.97. The van der Waals surface area contributed by atoms with Crippen LogP contribution in [-0.4, -0.2) is 20.8 Å². The predicted molar refractivity (Wildman–Crippen MR) is 90.1 cm³/mol. The Morgan fingerprint density at radius 1 is 1.31 bits per heavy atom. The van der Waals surface area contributed by atoms with Gasteiger partial charge >= 0.3 is 0 Å². The first-order chi connectivity index (χ1) is 12.5. The number of aromatic amines is 1. The number of nitrogens with one attached hydrogen (secondary N) is 1. The topological polar surface area (TPSA) is 110 Å². The van der Waals surface area contributed by atoms with Gasteiger partial charge in [-0.25, -0.2) is 13.8 Å². The Bertz CT molecular complexity index is 1030. The highest BCUT2D eigenvalue weighted by molar-refractivity contribution is 6.10. The van der Waals surface area contributed by atoms with Crippen LogP contribution in [0.15, 0.2) is 63.2 Å². The molecule has 26 heavy (non-hydrogen) atoms. The summed E-state index contributed by atoms with van der Waals surface area (Å²) in [7, 11) is 0. The first kappa shape index (κ1) is 17.2. The molecule has 132 valence electrons. The monoisotopic (exact) mass is 357 g/mol. The molecular weight excluding hydrogens is 344 g/mol. The van der Waals surface area contributed by atoms with Crippen LogP contribution in [0.4, 0.5) is 8.78 Å². The van der Waals surface area contributed by atoms with Crippen LogP contribution in [0.3, 0.4) is 0 Å². The Morgan fingerprint density at radius 3 is 2.88 bits per heavy atom. The lowest BCUT2D eigenvalue weighted by molar-refractivity contribution is 0.418. The maximum Gasteiger partial charge on any atom is 0.251 e. The van der Waals surface area contributed by atoms with Crippen molar-refractivity contribution in [2.24, 2.45) is 10.7 Å². The highest BCUT2D eigenvalue weighted by Crippen LogP contribution is 2.14. The van der Waals surface area contributed by atoms with E-state index in [1.165, 1.54) is 42.8 Å². The molecule has 1 aromatic carbocycles. The van der Waals surface area contributed by atoms with Crippen molar-refractivity contribution in [3.63, 3.8) is 0 Å². The third-order valence-electron chi connectivity index (χ3n) is 3.39. The van der Waals surface area contributed by atoms with Gasteiger partial charge in [0.15, 0.2) is 17.5 Å². The molecule has 0 spiro atoms. The molecule has 0 radical (unpaired) electrons. The molecule has 0 saturated heterocycles. The summed E-state index contributed by atoms with van der Waals surface area (Å²) in [5.41, 5.74) is 6.36. The van der Waals surface area contributed by atoms with E-state index in [1.807, 2.05) is 0 Å². The number of H-pyrrole nitrogens is 1. The number of nitrogens with two attached hydrogens (primary N) is 1. The first-order valence-corrected chi connectivity index (χ1v) is 7.45. The number of allylic oxidation sites excluding steroid dienone is 1. The Labute approximate surface area is 145 Å². The molecule has 0 atom stereocenters. The fraction of sp³-hybridized carbons (Fsp3) is 0.0588. The third-order valence-corrected chi connectivity index (χ3v) is 3.39. The molecule has 0 fully saturated rings. The van der Waals surface area contributed by atoms with Crippen molar-refractivity contribution in [1.29, 1.82) is 0 Å². The van der Waals surface area contributed by atoms with Crippen molar-refractivity contribution in [2.45, 2.75) is 6.54 Å². The highest BCUT2D eigenvalue weighted by atomic mass is 19.2. The van der Waals surface area contributed by atoms with Gasteiger partial charge in [-0.1, -0.05) is 17.3 Å². The minimum Gasteiger partial charge on any atom is -0.396 e. The predicted octanol–water partition coefficient (Wildman–Crippen LogP) is 2.03. The quantitative estimate of drug-likeness (QED) is 0.679. The number of benzene rings is 1. The number of aliphatic imine (C=N–C) groups is 1. The molecule has 3 aromatic rings. The zero-order valence-corrected chi connectivity index (χ0v) is 13.3. The summed E-state index contributed by atoms with van der Waals surface area (Å²) < 4.78 is 31.9. The maximum atomic E-state index is 13.8. The van der Waals surface area contributed by atoms with Crippen molar-refractivity contribution in [1.82, 2.24) is 15.1 Å². The number of rotatable bonds is 5. The van der Waals surface area contributed by atoms with Gasteiger partial charge in [0, 0.05) is 23.9 Å². The zero-order chi connectivity index (χ0) is 18.5. The molecule has 2 aromatic heterocycles. The van der Waals surface area contributed by atoms with E-state index in [4.69, 9.17) is 10.3 Å². The van der Waals surface area contributed by atoms with Gasteiger partial charge in [-0.2, -0.15) is 0 Å². The van der Waals surface area contributed by atoms with Gasteiger partial charge in [-0.3, -0.25) is 9.79 Å². The lowest BCUT2D eigenvalue weighted by Gasteiger charge is -2.04. The normalized spacial score (nSPS) is 12.4. The largest absolute Gasteiger partial charge is 0.396 e. The summed E-state index contributed by atoms with van der Waals surface area (Å²) in [6, 6.07) is 6.62. The number of nitrogens with zero attached hydrogens (tertiary/aromatic N) is 3. The highest BCUT2D eigenvalue weighted by Gasteiger charge is 2.10. The van der Waals surface area contributed by atoms with E-state index in [-0.39, 0.29) is 34.9 Å². The molecule has 7 nitrogen and oxygen atoms in total. The number of hydrogen-bond donors (Lipinski definition) is 2. The zero-order valence-electron chi connectivity index (χ0n) is 13.3. The van der Waals surface area contributed by atoms with Gasteiger partial charge in [-0.15, -0.1) is 0 Å². The van der Waals surface area contributed by atoms with Crippen LogP contribution < -0.4 is 11.3 Å². The van der Waals surface area contributed by atoms with E-state index in [9.17, 15) is 13.6 Å². The van der Waals surface area contributed by atoms with Crippen LogP contribution in [0, 0.1) is 11.6 Å². The Morgan fingerprint density at radius 2 is 2.15 bits per heavy atom. The molecule has 0 bridgehead atoms. The van der Waals surface area contributed by atoms with Crippen molar-refractivity contribution >= 4 is 11.4 Å². The van der Waals surface area contributed by atoms with E-state index < -0.39 is 11.6 Å². The van der Waals surface area contributed by atoms with Crippen molar-refractivity contribution in [3.05, 3.63) is 87.9 Å². The fourth-order valence-corrected chi connectivity index (χ4v) is 2.12. The smallest absolute Gasteiger partial charge is 0.251 e. The number of aromatic nitrogens is 3. The van der Waals surface area contributed by atoms with Gasteiger partial charge in [0.2, 0.25) is 0 Å². The average Bonchev–Trinajstić information content (AvgIpc) is 3.16. The van der Waals surface area contributed by atoms with Gasteiger partial charge in [0.25, 0.3) is 5.56 Å². The minimum atomic E-state index is -0.971. The molecule has 3 rings (SSSR count). The maximum absolute atomic E-state index is 13.8. The fourth-order valence-electron chi connectivity index (χ4n) is 2.12. The second kappa shape index (κ2) is 7.51. The van der Waals surface area contributed by atoms with E-state index in [1.54, 1.807) is 0 Å². The van der Waals surface area contributed by atoms with Crippen LogP contribution in [0.1, 0.15) is 17.1 Å². The van der Waals surface area contributed by atoms with Crippen molar-refractivity contribution in [2.75, 3.05) is 0 Å². The molecule has 0 unspecified atom stereocenters. The van der Waals surface area contributed by atoms with Gasteiger partial charge in [0.05, 0.1) is 18.0 Å². The number of hydrogen-bond acceptors (Lipinski definition) is 6. The first-order valence-electron chi connectivity index (χ1n) is 7.45. The molecule has 2 heterocycles. The third kappa shape index (κ3) is 3.89. The average molecular weight is 357 g/mol. The van der Waals surface area contributed by atoms with Crippen molar-refractivity contribution < 1.29 is 13.3 Å². The molecule has 3 N–H and O–H groups in total. The Kier molecular flexibility index (Phi) is 4.97. The molecule has 9 heteroatoms. The van der Waals surface area contributed by atoms with Gasteiger partial charge in [-0.05, 0) is 12.1 Å². The van der Waals surface area contributed by atoms with Gasteiger partial charge < -0.3 is 15.2 Å². The Hall–Kier alpha value is -3.62. The molecule has 0 aliphatic carbocycles. The minimum absolute atomic E-state index is 0.0733. The van der Waals surface area contributed by atoms with Gasteiger partial charge in [0.1, 0.15) is 12.0 Å². The number of halogens is 2. The lowest BCUT2D eigenvalue weighted by Crippen LogP contribution is -2.13.